The zero-order chi connectivity index (χ0) is 11.9. The molecule has 96 valence electrons. The van der Waals surface area contributed by atoms with E-state index in [9.17, 15) is 0 Å². The molecule has 2 rings (SSSR count). The summed E-state index contributed by atoms with van der Waals surface area (Å²) in [4.78, 5) is 7.39. The monoisotopic (exact) mass is 235 g/mol. The second-order valence-electron chi connectivity index (χ2n) is 5.22. The summed E-state index contributed by atoms with van der Waals surface area (Å²) in [5, 5.41) is 3.69. The molecule has 1 saturated carbocycles. The third-order valence-corrected chi connectivity index (χ3v) is 4.00. The number of hydrogen-bond acceptors (Lipinski definition) is 2. The van der Waals surface area contributed by atoms with Gasteiger partial charge >= 0.3 is 0 Å². The molecule has 1 aromatic rings. The van der Waals surface area contributed by atoms with Gasteiger partial charge in [-0.05, 0) is 44.6 Å². The van der Waals surface area contributed by atoms with E-state index >= 15 is 0 Å². The number of aryl methyl sites for hydroxylation is 1. The Kier molecular flexibility index (Phi) is 5.05. The second kappa shape index (κ2) is 6.80. The summed E-state index contributed by atoms with van der Waals surface area (Å²) in [6.07, 6.45) is 12.9. The smallest absolute Gasteiger partial charge is 0.106 e. The molecular weight excluding hydrogens is 210 g/mol. The highest BCUT2D eigenvalue weighted by Gasteiger charge is 2.18. The number of hydrogen-bond donors (Lipinski definition) is 2. The Morgan fingerprint density at radius 3 is 2.82 bits per heavy atom. The van der Waals surface area contributed by atoms with Crippen LogP contribution in [0, 0.1) is 5.92 Å². The maximum atomic E-state index is 4.24. The molecule has 1 aliphatic carbocycles. The van der Waals surface area contributed by atoms with Gasteiger partial charge in [0.2, 0.25) is 0 Å². The van der Waals surface area contributed by atoms with E-state index in [1.165, 1.54) is 38.5 Å². The Balaban J connectivity index is 1.54. The third-order valence-electron chi connectivity index (χ3n) is 4.00. The Labute approximate surface area is 104 Å². The molecule has 2 N–H and O–H groups in total. The molecule has 3 heteroatoms. The van der Waals surface area contributed by atoms with Crippen LogP contribution in [0.5, 0.6) is 0 Å². The molecule has 0 amide bonds. The molecule has 0 saturated heterocycles. The summed E-state index contributed by atoms with van der Waals surface area (Å²) >= 11 is 0. The lowest BCUT2D eigenvalue weighted by atomic mass is 9.84. The van der Waals surface area contributed by atoms with Gasteiger partial charge in [0, 0.05) is 24.9 Å². The van der Waals surface area contributed by atoms with Crippen molar-refractivity contribution in [1.29, 1.82) is 0 Å². The van der Waals surface area contributed by atoms with E-state index in [-0.39, 0.29) is 0 Å². The molecule has 0 spiro atoms. The first-order valence-electron chi connectivity index (χ1n) is 7.10. The van der Waals surface area contributed by atoms with E-state index in [0.29, 0.717) is 0 Å². The van der Waals surface area contributed by atoms with Gasteiger partial charge in [-0.1, -0.05) is 13.3 Å². The van der Waals surface area contributed by atoms with Crippen LogP contribution in [-0.4, -0.2) is 22.6 Å². The van der Waals surface area contributed by atoms with Crippen LogP contribution in [0.2, 0.25) is 0 Å². The average molecular weight is 235 g/mol. The van der Waals surface area contributed by atoms with Gasteiger partial charge < -0.3 is 10.3 Å². The first-order valence-corrected chi connectivity index (χ1v) is 7.10. The van der Waals surface area contributed by atoms with E-state index in [1.54, 1.807) is 0 Å². The van der Waals surface area contributed by atoms with Crippen molar-refractivity contribution >= 4 is 0 Å². The molecule has 1 heterocycles. The van der Waals surface area contributed by atoms with Gasteiger partial charge in [-0.25, -0.2) is 4.98 Å². The minimum Gasteiger partial charge on any atom is -0.349 e. The highest BCUT2D eigenvalue weighted by atomic mass is 14.9. The van der Waals surface area contributed by atoms with Crippen LogP contribution in [-0.2, 0) is 6.42 Å². The van der Waals surface area contributed by atoms with Gasteiger partial charge in [-0.2, -0.15) is 0 Å². The van der Waals surface area contributed by atoms with E-state index < -0.39 is 0 Å². The number of imidazole rings is 1. The van der Waals surface area contributed by atoms with Crippen molar-refractivity contribution in [3.63, 3.8) is 0 Å². The number of nitrogens with one attached hydrogen (secondary N) is 2. The van der Waals surface area contributed by atoms with Crippen molar-refractivity contribution in [3.8, 4) is 0 Å². The van der Waals surface area contributed by atoms with E-state index in [0.717, 1.165) is 30.7 Å². The molecular formula is C14H25N3. The lowest BCUT2D eigenvalue weighted by molar-refractivity contribution is 0.286. The largest absolute Gasteiger partial charge is 0.349 e. The highest BCUT2D eigenvalue weighted by molar-refractivity contribution is 4.87. The summed E-state index contributed by atoms with van der Waals surface area (Å²) < 4.78 is 0. The van der Waals surface area contributed by atoms with Crippen molar-refractivity contribution in [2.75, 3.05) is 6.54 Å². The minimum absolute atomic E-state index is 0.773. The van der Waals surface area contributed by atoms with Crippen LogP contribution in [0.3, 0.4) is 0 Å². The summed E-state index contributed by atoms with van der Waals surface area (Å²) in [7, 11) is 0. The molecule has 0 unspecified atom stereocenters. The Morgan fingerprint density at radius 1 is 1.35 bits per heavy atom. The van der Waals surface area contributed by atoms with Crippen molar-refractivity contribution < 1.29 is 0 Å². The summed E-state index contributed by atoms with van der Waals surface area (Å²) in [5.74, 6) is 2.11. The summed E-state index contributed by atoms with van der Waals surface area (Å²) in [5.41, 5.74) is 0. The zero-order valence-electron chi connectivity index (χ0n) is 10.9. The van der Waals surface area contributed by atoms with Crippen molar-refractivity contribution in [2.24, 2.45) is 5.92 Å². The maximum Gasteiger partial charge on any atom is 0.106 e. The van der Waals surface area contributed by atoms with Crippen LogP contribution in [0.15, 0.2) is 12.4 Å². The molecule has 0 atom stereocenters. The molecule has 3 nitrogen and oxygen atoms in total. The molecule has 1 aliphatic rings. The van der Waals surface area contributed by atoms with Crippen molar-refractivity contribution in [1.82, 2.24) is 15.3 Å². The SMILES string of the molecule is CCC1CCC(NCCCc2ncc[nH]2)CC1. The van der Waals surface area contributed by atoms with Gasteiger partial charge in [-0.3, -0.25) is 0 Å². The molecule has 1 fully saturated rings. The normalized spacial score (nSPS) is 25.0. The van der Waals surface area contributed by atoms with E-state index in [2.05, 4.69) is 22.2 Å². The van der Waals surface area contributed by atoms with Crippen molar-refractivity contribution in [2.45, 2.75) is 57.9 Å². The predicted octanol–water partition coefficient (Wildman–Crippen LogP) is 2.90. The van der Waals surface area contributed by atoms with Crippen molar-refractivity contribution in [3.05, 3.63) is 18.2 Å². The fourth-order valence-corrected chi connectivity index (χ4v) is 2.77. The van der Waals surface area contributed by atoms with Crippen LogP contribution >= 0.6 is 0 Å². The first-order chi connectivity index (χ1) is 8.38. The topological polar surface area (TPSA) is 40.7 Å². The standard InChI is InChI=1S/C14H25N3/c1-2-12-5-7-13(8-6-12)15-9-3-4-14-16-10-11-17-14/h10-13,15H,2-9H2,1H3,(H,16,17). The molecule has 0 aromatic carbocycles. The van der Waals surface area contributed by atoms with E-state index in [1.807, 2.05) is 12.4 Å². The maximum absolute atomic E-state index is 4.24. The fourth-order valence-electron chi connectivity index (χ4n) is 2.77. The minimum atomic E-state index is 0.773. The van der Waals surface area contributed by atoms with Gasteiger partial charge in [0.15, 0.2) is 0 Å². The quantitative estimate of drug-likeness (QED) is 0.744. The molecule has 0 aliphatic heterocycles. The third kappa shape index (κ3) is 4.15. The van der Waals surface area contributed by atoms with Crippen LogP contribution in [0.4, 0.5) is 0 Å². The summed E-state index contributed by atoms with van der Waals surface area (Å²) in [6, 6.07) is 0.773. The van der Waals surface area contributed by atoms with Crippen LogP contribution < -0.4 is 5.32 Å². The Morgan fingerprint density at radius 2 is 2.18 bits per heavy atom. The number of aromatic nitrogens is 2. The fraction of sp³-hybridized carbons (Fsp3) is 0.786. The Hall–Kier alpha value is -0.830. The zero-order valence-corrected chi connectivity index (χ0v) is 10.9. The lowest BCUT2D eigenvalue weighted by Gasteiger charge is -2.28. The Bertz CT molecular complexity index is 286. The van der Waals surface area contributed by atoms with Crippen LogP contribution in [0.25, 0.3) is 0 Å². The highest BCUT2D eigenvalue weighted by Crippen LogP contribution is 2.26. The lowest BCUT2D eigenvalue weighted by Crippen LogP contribution is -2.33. The van der Waals surface area contributed by atoms with E-state index in [4.69, 9.17) is 0 Å². The molecule has 0 bridgehead atoms. The first kappa shape index (κ1) is 12.6. The van der Waals surface area contributed by atoms with Gasteiger partial charge in [0.1, 0.15) is 5.82 Å². The predicted molar refractivity (Wildman–Crippen MR) is 70.9 cm³/mol. The van der Waals surface area contributed by atoms with Gasteiger partial charge in [0.25, 0.3) is 0 Å². The molecule has 1 aromatic heterocycles. The number of H-pyrrole nitrogens is 1. The van der Waals surface area contributed by atoms with Crippen LogP contribution in [0.1, 0.15) is 51.3 Å². The molecule has 17 heavy (non-hydrogen) atoms. The average Bonchev–Trinajstić information content (AvgIpc) is 2.88. The number of aromatic amines is 1. The summed E-state index contributed by atoms with van der Waals surface area (Å²) in [6.45, 7) is 3.45. The molecule has 0 radical (unpaired) electrons. The van der Waals surface area contributed by atoms with Gasteiger partial charge in [-0.15, -0.1) is 0 Å². The number of rotatable bonds is 6. The second-order valence-corrected chi connectivity index (χ2v) is 5.22. The number of nitrogens with zero attached hydrogens (tertiary/aromatic N) is 1. The van der Waals surface area contributed by atoms with Gasteiger partial charge in [0.05, 0.1) is 0 Å².